The molecule has 0 spiro atoms. The Hall–Kier alpha value is -2.53. The van der Waals surface area contributed by atoms with Gasteiger partial charge in [0.15, 0.2) is 11.6 Å². The third kappa shape index (κ3) is 2.87. The van der Waals surface area contributed by atoms with Gasteiger partial charge in [-0.25, -0.2) is 4.39 Å². The molecule has 3 aromatic rings. The van der Waals surface area contributed by atoms with Gasteiger partial charge in [-0.1, -0.05) is 30.3 Å². The van der Waals surface area contributed by atoms with Crippen molar-refractivity contribution in [1.29, 1.82) is 0 Å². The molecule has 0 amide bonds. The Balaban J connectivity index is 2.20. The number of halogens is 2. The van der Waals surface area contributed by atoms with Gasteiger partial charge in [0.1, 0.15) is 11.6 Å². The summed E-state index contributed by atoms with van der Waals surface area (Å²) < 4.78 is 15.4. The molecule has 1 heterocycles. The molecule has 2 aromatic carbocycles. The van der Waals surface area contributed by atoms with E-state index in [1.54, 1.807) is 35.8 Å². The minimum absolute atomic E-state index is 0.136. The van der Waals surface area contributed by atoms with Crippen LogP contribution in [-0.4, -0.2) is 20.5 Å². The largest absolute Gasteiger partial charge is 0.289 e. The normalized spacial score (nSPS) is 10.7. The summed E-state index contributed by atoms with van der Waals surface area (Å²) in [5.74, 6) is 0.462. The number of alkyl halides is 1. The number of nitrogens with zero attached hydrogens (tertiary/aromatic N) is 3. The molecule has 0 N–H and O–H groups in total. The molecule has 0 fully saturated rings. The second-order valence-corrected chi connectivity index (χ2v) is 5.26. The molecule has 0 aliphatic heterocycles. The fourth-order valence-corrected chi connectivity index (χ4v) is 2.61. The zero-order valence-electron chi connectivity index (χ0n) is 12.3. The summed E-state index contributed by atoms with van der Waals surface area (Å²) >= 11 is 5.89. The van der Waals surface area contributed by atoms with Gasteiger partial charge in [-0.3, -0.25) is 9.36 Å². The van der Waals surface area contributed by atoms with Crippen LogP contribution in [0.1, 0.15) is 27.6 Å². The van der Waals surface area contributed by atoms with E-state index in [0.29, 0.717) is 22.9 Å². The van der Waals surface area contributed by atoms with Crippen molar-refractivity contribution in [3.8, 4) is 5.69 Å². The maximum absolute atomic E-state index is 13.7. The van der Waals surface area contributed by atoms with E-state index < -0.39 is 5.82 Å². The molecule has 0 radical (unpaired) electrons. The van der Waals surface area contributed by atoms with Crippen LogP contribution in [0.5, 0.6) is 0 Å². The van der Waals surface area contributed by atoms with E-state index in [1.807, 2.05) is 6.07 Å². The number of aromatic nitrogens is 3. The number of aryl methyl sites for hydroxylation is 1. The standard InChI is InChI=1S/C17H13ClFN3O/c1-11-20-21-16(10-18)22(11)15-8-7-13(19)9-14(15)17(23)12-5-3-2-4-6-12/h2-9H,10H2,1H3. The number of benzene rings is 2. The van der Waals surface area contributed by atoms with Crippen molar-refractivity contribution in [3.05, 3.63) is 77.1 Å². The molecule has 3 rings (SSSR count). The zero-order chi connectivity index (χ0) is 16.4. The molecular weight excluding hydrogens is 317 g/mol. The van der Waals surface area contributed by atoms with Crippen LogP contribution in [0.3, 0.4) is 0 Å². The number of carbonyl (C=O) groups excluding carboxylic acids is 1. The van der Waals surface area contributed by atoms with E-state index >= 15 is 0 Å². The predicted octanol–water partition coefficient (Wildman–Crippen LogP) is 3.68. The Labute approximate surface area is 137 Å². The molecule has 6 heteroatoms. The Kier molecular flexibility index (Phi) is 4.21. The molecule has 1 aromatic heterocycles. The van der Waals surface area contributed by atoms with E-state index in [-0.39, 0.29) is 17.2 Å². The Morgan fingerprint density at radius 1 is 1.17 bits per heavy atom. The number of ketones is 1. The van der Waals surface area contributed by atoms with Crippen molar-refractivity contribution in [2.75, 3.05) is 0 Å². The monoisotopic (exact) mass is 329 g/mol. The zero-order valence-corrected chi connectivity index (χ0v) is 13.1. The number of hydrogen-bond acceptors (Lipinski definition) is 3. The van der Waals surface area contributed by atoms with E-state index in [9.17, 15) is 9.18 Å². The van der Waals surface area contributed by atoms with E-state index in [0.717, 1.165) is 0 Å². The van der Waals surface area contributed by atoms with Crippen molar-refractivity contribution >= 4 is 17.4 Å². The lowest BCUT2D eigenvalue weighted by Gasteiger charge is -2.13. The maximum atomic E-state index is 13.7. The smallest absolute Gasteiger partial charge is 0.195 e. The topological polar surface area (TPSA) is 47.8 Å². The first-order valence-corrected chi connectivity index (χ1v) is 7.52. The second kappa shape index (κ2) is 6.30. The highest BCUT2D eigenvalue weighted by molar-refractivity contribution is 6.16. The third-order valence-corrected chi connectivity index (χ3v) is 3.73. The van der Waals surface area contributed by atoms with Crippen LogP contribution < -0.4 is 0 Å². The van der Waals surface area contributed by atoms with Gasteiger partial charge in [0, 0.05) is 11.1 Å². The van der Waals surface area contributed by atoms with Gasteiger partial charge in [0.25, 0.3) is 0 Å². The molecule has 0 saturated heterocycles. The van der Waals surface area contributed by atoms with Crippen LogP contribution in [-0.2, 0) is 5.88 Å². The predicted molar refractivity (Wildman–Crippen MR) is 85.5 cm³/mol. The number of hydrogen-bond donors (Lipinski definition) is 0. The summed E-state index contributed by atoms with van der Waals surface area (Å²) in [6.07, 6.45) is 0. The number of rotatable bonds is 4. The first-order chi connectivity index (χ1) is 11.1. The third-order valence-electron chi connectivity index (χ3n) is 3.49. The van der Waals surface area contributed by atoms with Gasteiger partial charge in [-0.15, -0.1) is 21.8 Å². The minimum atomic E-state index is -0.480. The van der Waals surface area contributed by atoms with Gasteiger partial charge in [0.05, 0.1) is 11.6 Å². The highest BCUT2D eigenvalue weighted by Gasteiger charge is 2.19. The minimum Gasteiger partial charge on any atom is -0.289 e. The van der Waals surface area contributed by atoms with Crippen molar-refractivity contribution < 1.29 is 9.18 Å². The molecule has 0 aliphatic rings. The SMILES string of the molecule is Cc1nnc(CCl)n1-c1ccc(F)cc1C(=O)c1ccccc1. The average Bonchev–Trinajstić information content (AvgIpc) is 2.95. The summed E-state index contributed by atoms with van der Waals surface area (Å²) in [7, 11) is 0. The summed E-state index contributed by atoms with van der Waals surface area (Å²) in [6, 6.07) is 12.8. The lowest BCUT2D eigenvalue weighted by molar-refractivity contribution is 0.103. The average molecular weight is 330 g/mol. The molecule has 0 saturated carbocycles. The van der Waals surface area contributed by atoms with Gasteiger partial charge in [-0.05, 0) is 25.1 Å². The van der Waals surface area contributed by atoms with Crippen molar-refractivity contribution in [1.82, 2.24) is 14.8 Å². The number of carbonyl (C=O) groups is 1. The van der Waals surface area contributed by atoms with E-state index in [1.165, 1.54) is 18.2 Å². The Morgan fingerprint density at radius 2 is 1.91 bits per heavy atom. The molecule has 0 unspecified atom stereocenters. The van der Waals surface area contributed by atoms with Gasteiger partial charge < -0.3 is 0 Å². The summed E-state index contributed by atoms with van der Waals surface area (Å²) in [6.45, 7) is 1.75. The Morgan fingerprint density at radius 3 is 2.61 bits per heavy atom. The summed E-state index contributed by atoms with van der Waals surface area (Å²) in [5, 5.41) is 7.97. The first kappa shape index (κ1) is 15.4. The molecule has 0 aliphatic carbocycles. The quantitative estimate of drug-likeness (QED) is 0.542. The van der Waals surface area contributed by atoms with Crippen molar-refractivity contribution in [2.24, 2.45) is 0 Å². The summed E-state index contributed by atoms with van der Waals surface area (Å²) in [5.41, 5.74) is 1.24. The molecule has 23 heavy (non-hydrogen) atoms. The van der Waals surface area contributed by atoms with Crippen molar-refractivity contribution in [2.45, 2.75) is 12.8 Å². The Bertz CT molecular complexity index is 862. The first-order valence-electron chi connectivity index (χ1n) is 6.98. The maximum Gasteiger partial charge on any atom is 0.195 e. The molecule has 0 atom stereocenters. The van der Waals surface area contributed by atoms with E-state index in [2.05, 4.69) is 10.2 Å². The molecule has 116 valence electrons. The fraction of sp³-hybridized carbons (Fsp3) is 0.118. The van der Waals surface area contributed by atoms with E-state index in [4.69, 9.17) is 11.6 Å². The van der Waals surface area contributed by atoms with Gasteiger partial charge >= 0.3 is 0 Å². The molecule has 0 bridgehead atoms. The molecule has 4 nitrogen and oxygen atoms in total. The van der Waals surface area contributed by atoms with Crippen LogP contribution in [0.4, 0.5) is 4.39 Å². The van der Waals surface area contributed by atoms with Gasteiger partial charge in [-0.2, -0.15) is 0 Å². The second-order valence-electron chi connectivity index (χ2n) is 4.99. The van der Waals surface area contributed by atoms with Crippen LogP contribution >= 0.6 is 11.6 Å². The lowest BCUT2D eigenvalue weighted by Crippen LogP contribution is -2.11. The van der Waals surface area contributed by atoms with Gasteiger partial charge in [0.2, 0.25) is 0 Å². The summed E-state index contributed by atoms with van der Waals surface area (Å²) in [4.78, 5) is 12.8. The lowest BCUT2D eigenvalue weighted by atomic mass is 10.0. The van der Waals surface area contributed by atoms with Crippen LogP contribution in [0.2, 0.25) is 0 Å². The van der Waals surface area contributed by atoms with Crippen LogP contribution in [0.15, 0.2) is 48.5 Å². The van der Waals surface area contributed by atoms with Crippen LogP contribution in [0.25, 0.3) is 5.69 Å². The highest BCUT2D eigenvalue weighted by atomic mass is 35.5. The molecular formula is C17H13ClFN3O. The van der Waals surface area contributed by atoms with Crippen molar-refractivity contribution in [3.63, 3.8) is 0 Å². The highest BCUT2D eigenvalue weighted by Crippen LogP contribution is 2.23. The fourth-order valence-electron chi connectivity index (χ4n) is 2.44. The van der Waals surface area contributed by atoms with Crippen LogP contribution in [0, 0.1) is 12.7 Å².